The number of hydrogen-bond donors (Lipinski definition) is 1. The van der Waals surface area contributed by atoms with Crippen LogP contribution in [0.15, 0.2) is 6.07 Å². The average molecular weight is 302 g/mol. The van der Waals surface area contributed by atoms with Crippen molar-refractivity contribution in [2.75, 3.05) is 0 Å². The van der Waals surface area contributed by atoms with Gasteiger partial charge in [0.1, 0.15) is 5.82 Å². The third-order valence-corrected chi connectivity index (χ3v) is 3.05. The number of aryl methyl sites for hydroxylation is 2. The van der Waals surface area contributed by atoms with Gasteiger partial charge in [-0.05, 0) is 25.0 Å². The van der Waals surface area contributed by atoms with Gasteiger partial charge in [-0.25, -0.2) is 19.2 Å². The molecule has 8 heteroatoms. The van der Waals surface area contributed by atoms with E-state index >= 15 is 0 Å². The summed E-state index contributed by atoms with van der Waals surface area (Å²) in [4.78, 5) is 18.2. The summed E-state index contributed by atoms with van der Waals surface area (Å²) >= 11 is 0. The van der Waals surface area contributed by atoms with Crippen LogP contribution in [-0.2, 0) is 12.6 Å². The Bertz CT molecular complexity index is 741. The number of nitrogens with zero attached hydrogens (tertiary/aromatic N) is 2. The quantitative estimate of drug-likeness (QED) is 0.864. The lowest BCUT2D eigenvalue weighted by molar-refractivity contribution is -0.141. The van der Waals surface area contributed by atoms with Crippen LogP contribution in [0, 0.1) is 12.7 Å². The Labute approximate surface area is 116 Å². The van der Waals surface area contributed by atoms with E-state index in [9.17, 15) is 22.4 Å². The molecular weight excluding hydrogens is 292 g/mol. The molecule has 0 aliphatic rings. The fourth-order valence-electron chi connectivity index (χ4n) is 2.12. The van der Waals surface area contributed by atoms with Crippen LogP contribution in [0.3, 0.4) is 0 Å². The summed E-state index contributed by atoms with van der Waals surface area (Å²) < 4.78 is 52.6. The molecule has 4 nitrogen and oxygen atoms in total. The van der Waals surface area contributed by atoms with Gasteiger partial charge in [0.2, 0.25) is 0 Å². The van der Waals surface area contributed by atoms with Gasteiger partial charge >= 0.3 is 12.1 Å². The van der Waals surface area contributed by atoms with Crippen LogP contribution >= 0.6 is 0 Å². The predicted octanol–water partition coefficient (Wildman–Crippen LogP) is 3.36. The molecule has 0 atom stereocenters. The lowest BCUT2D eigenvalue weighted by Crippen LogP contribution is -2.18. The topological polar surface area (TPSA) is 63.1 Å². The van der Waals surface area contributed by atoms with Crippen LogP contribution < -0.4 is 0 Å². The van der Waals surface area contributed by atoms with Crippen LogP contribution in [0.1, 0.15) is 34.2 Å². The van der Waals surface area contributed by atoms with Crippen LogP contribution in [-0.4, -0.2) is 21.0 Å². The van der Waals surface area contributed by atoms with Crippen molar-refractivity contribution in [3.05, 3.63) is 34.4 Å². The molecule has 0 amide bonds. The Morgan fingerprint density at radius 1 is 1.33 bits per heavy atom. The zero-order chi connectivity index (χ0) is 15.9. The van der Waals surface area contributed by atoms with Crippen molar-refractivity contribution >= 4 is 17.0 Å². The Morgan fingerprint density at radius 2 is 1.95 bits per heavy atom. The van der Waals surface area contributed by atoms with E-state index in [1.165, 1.54) is 13.8 Å². The number of halogens is 4. The Hall–Kier alpha value is -2.25. The van der Waals surface area contributed by atoms with Gasteiger partial charge < -0.3 is 5.11 Å². The van der Waals surface area contributed by atoms with E-state index in [0.29, 0.717) is 0 Å². The molecule has 1 N–H and O–H groups in total. The zero-order valence-corrected chi connectivity index (χ0v) is 11.0. The number of pyridine rings is 2. The van der Waals surface area contributed by atoms with Crippen molar-refractivity contribution in [3.8, 4) is 0 Å². The summed E-state index contributed by atoms with van der Waals surface area (Å²) in [7, 11) is 0. The Morgan fingerprint density at radius 3 is 2.43 bits per heavy atom. The van der Waals surface area contributed by atoms with Crippen LogP contribution in [0.25, 0.3) is 11.0 Å². The van der Waals surface area contributed by atoms with Gasteiger partial charge in [0.15, 0.2) is 11.3 Å². The lowest BCUT2D eigenvalue weighted by Gasteiger charge is -2.15. The fourth-order valence-corrected chi connectivity index (χ4v) is 2.12. The number of alkyl halides is 3. The largest absolute Gasteiger partial charge is 0.478 e. The van der Waals surface area contributed by atoms with E-state index in [0.717, 1.165) is 6.07 Å². The van der Waals surface area contributed by atoms with Crippen LogP contribution in [0.2, 0.25) is 0 Å². The first-order valence-corrected chi connectivity index (χ1v) is 5.97. The molecule has 0 saturated heterocycles. The number of hydrogen-bond acceptors (Lipinski definition) is 3. The summed E-state index contributed by atoms with van der Waals surface area (Å²) in [6, 6.07) is 0.968. The van der Waals surface area contributed by atoms with E-state index < -0.39 is 29.2 Å². The van der Waals surface area contributed by atoms with Crippen molar-refractivity contribution in [2.45, 2.75) is 26.4 Å². The standard InChI is InChI=1S/C13H10F4N2O2/c1-3-6-7-4-8(14)5(2)18-11(7)19-10(13(15,16)17)9(6)12(20)21/h4H,3H2,1-2H3,(H,20,21). The van der Waals surface area contributed by atoms with Crippen molar-refractivity contribution in [3.63, 3.8) is 0 Å². The second-order valence-corrected chi connectivity index (χ2v) is 4.40. The maximum Gasteiger partial charge on any atom is 0.434 e. The summed E-state index contributed by atoms with van der Waals surface area (Å²) in [5, 5.41) is 9.05. The first-order valence-electron chi connectivity index (χ1n) is 5.97. The predicted molar refractivity (Wildman–Crippen MR) is 65.6 cm³/mol. The minimum atomic E-state index is -4.93. The molecule has 2 aromatic heterocycles. The van der Waals surface area contributed by atoms with Crippen molar-refractivity contribution in [1.29, 1.82) is 0 Å². The van der Waals surface area contributed by atoms with E-state index in [4.69, 9.17) is 5.11 Å². The van der Waals surface area contributed by atoms with Crippen molar-refractivity contribution in [1.82, 2.24) is 9.97 Å². The van der Waals surface area contributed by atoms with Crippen molar-refractivity contribution in [2.24, 2.45) is 0 Å². The summed E-state index contributed by atoms with van der Waals surface area (Å²) in [6.45, 7) is 2.78. The fraction of sp³-hybridized carbons (Fsp3) is 0.308. The number of aromatic nitrogens is 2. The number of carbonyl (C=O) groups is 1. The lowest BCUT2D eigenvalue weighted by atomic mass is 9.99. The highest BCUT2D eigenvalue weighted by Gasteiger charge is 2.39. The number of carboxylic acid groups (broad SMARTS) is 1. The summed E-state index contributed by atoms with van der Waals surface area (Å²) in [5.74, 6) is -2.48. The third kappa shape index (κ3) is 2.53. The number of carboxylic acids is 1. The molecule has 2 heterocycles. The normalized spacial score (nSPS) is 11.9. The first kappa shape index (κ1) is 15.1. The molecule has 2 aromatic rings. The molecule has 0 bridgehead atoms. The Balaban J connectivity index is 3.01. The molecule has 2 rings (SSSR count). The highest BCUT2D eigenvalue weighted by atomic mass is 19.4. The van der Waals surface area contributed by atoms with Gasteiger partial charge in [-0.15, -0.1) is 0 Å². The second-order valence-electron chi connectivity index (χ2n) is 4.40. The molecule has 0 saturated carbocycles. The minimum absolute atomic E-state index is 0.0199. The molecule has 0 aliphatic heterocycles. The van der Waals surface area contributed by atoms with E-state index in [1.807, 2.05) is 0 Å². The van der Waals surface area contributed by atoms with Crippen LogP contribution in [0.4, 0.5) is 17.6 Å². The maximum atomic E-state index is 13.6. The zero-order valence-electron chi connectivity index (χ0n) is 11.0. The summed E-state index contributed by atoms with van der Waals surface area (Å²) in [5.41, 5.74) is -3.03. The smallest absolute Gasteiger partial charge is 0.434 e. The van der Waals surface area contributed by atoms with Gasteiger partial charge in [-0.3, -0.25) is 0 Å². The molecule has 0 spiro atoms. The maximum absolute atomic E-state index is 13.6. The van der Waals surface area contributed by atoms with Crippen molar-refractivity contribution < 1.29 is 27.5 Å². The molecular formula is C13H10F4N2O2. The van der Waals surface area contributed by atoms with Gasteiger partial charge in [-0.2, -0.15) is 13.2 Å². The molecule has 0 fully saturated rings. The minimum Gasteiger partial charge on any atom is -0.478 e. The van der Waals surface area contributed by atoms with Gasteiger partial charge in [0, 0.05) is 5.39 Å². The van der Waals surface area contributed by atoms with Gasteiger partial charge in [-0.1, -0.05) is 6.92 Å². The average Bonchev–Trinajstić information content (AvgIpc) is 2.36. The molecule has 112 valence electrons. The van der Waals surface area contributed by atoms with Gasteiger partial charge in [0.25, 0.3) is 0 Å². The molecule has 21 heavy (non-hydrogen) atoms. The molecule has 0 unspecified atom stereocenters. The molecule has 0 aromatic carbocycles. The first-order chi connectivity index (χ1) is 9.66. The number of rotatable bonds is 2. The number of aromatic carboxylic acids is 1. The van der Waals surface area contributed by atoms with E-state index in [-0.39, 0.29) is 28.7 Å². The second kappa shape index (κ2) is 4.94. The molecule has 0 aliphatic carbocycles. The van der Waals surface area contributed by atoms with E-state index in [1.54, 1.807) is 0 Å². The van der Waals surface area contributed by atoms with E-state index in [2.05, 4.69) is 9.97 Å². The van der Waals surface area contributed by atoms with Gasteiger partial charge in [0.05, 0.1) is 11.3 Å². The summed E-state index contributed by atoms with van der Waals surface area (Å²) in [6.07, 6.45) is -4.95. The number of fused-ring (bicyclic) bond motifs is 1. The Kier molecular flexibility index (Phi) is 3.56. The highest BCUT2D eigenvalue weighted by molar-refractivity contribution is 5.97. The van der Waals surface area contributed by atoms with Crippen LogP contribution in [0.5, 0.6) is 0 Å². The highest BCUT2D eigenvalue weighted by Crippen LogP contribution is 2.35. The SMILES string of the molecule is CCc1c(C(=O)O)c(C(F)(F)F)nc2nc(C)c(F)cc12. The molecule has 0 radical (unpaired) electrons. The third-order valence-electron chi connectivity index (χ3n) is 3.05. The monoisotopic (exact) mass is 302 g/mol.